The molecule has 0 aromatic heterocycles. The second-order valence-electron chi connectivity index (χ2n) is 6.36. The predicted octanol–water partition coefficient (Wildman–Crippen LogP) is 3.03. The first-order valence-electron chi connectivity index (χ1n) is 7.52. The fourth-order valence-corrected chi connectivity index (χ4v) is 2.11. The van der Waals surface area contributed by atoms with E-state index in [1.54, 1.807) is 0 Å². The van der Waals surface area contributed by atoms with Gasteiger partial charge < -0.3 is 15.6 Å². The van der Waals surface area contributed by atoms with Gasteiger partial charge in [-0.2, -0.15) is 0 Å². The van der Waals surface area contributed by atoms with Crippen LogP contribution in [0.5, 0.6) is 5.75 Å². The van der Waals surface area contributed by atoms with Gasteiger partial charge in [-0.25, -0.2) is 0 Å². The van der Waals surface area contributed by atoms with Crippen molar-refractivity contribution in [3.05, 3.63) is 29.3 Å². The zero-order valence-electron chi connectivity index (χ0n) is 13.3. The minimum atomic E-state index is -0.413. The Morgan fingerprint density at radius 3 is 2.55 bits per heavy atom. The zero-order valence-corrected chi connectivity index (χ0v) is 13.3. The zero-order chi connectivity index (χ0) is 15.2. The van der Waals surface area contributed by atoms with Gasteiger partial charge >= 0.3 is 0 Å². The van der Waals surface area contributed by atoms with E-state index in [0.29, 0.717) is 13.0 Å². The number of aliphatic hydroxyl groups is 1. The monoisotopic (exact) mass is 279 g/mol. The summed E-state index contributed by atoms with van der Waals surface area (Å²) in [5, 5.41) is 9.57. The van der Waals surface area contributed by atoms with Gasteiger partial charge in [-0.3, -0.25) is 0 Å². The summed E-state index contributed by atoms with van der Waals surface area (Å²) in [6.45, 7) is 9.76. The lowest BCUT2D eigenvalue weighted by atomic mass is 9.85. The standard InChI is InChI=1S/C17H29NO2/c1-5-10-20-16-9-7-13(6-8-14(19)12-18)11-15(16)17(2,3)4/h7,9,11,14,19H,5-6,8,10,12,18H2,1-4H3. The molecule has 0 bridgehead atoms. The molecule has 3 N–H and O–H groups in total. The molecule has 0 amide bonds. The van der Waals surface area contributed by atoms with Crippen molar-refractivity contribution >= 4 is 0 Å². The average Bonchev–Trinajstić information content (AvgIpc) is 2.41. The van der Waals surface area contributed by atoms with Crippen molar-refractivity contribution in [2.24, 2.45) is 5.73 Å². The maximum absolute atomic E-state index is 9.57. The van der Waals surface area contributed by atoms with Crippen LogP contribution in [-0.4, -0.2) is 24.4 Å². The first-order valence-corrected chi connectivity index (χ1v) is 7.52. The molecule has 0 saturated heterocycles. The Hall–Kier alpha value is -1.06. The first kappa shape index (κ1) is 17.0. The highest BCUT2D eigenvalue weighted by molar-refractivity contribution is 5.41. The van der Waals surface area contributed by atoms with Gasteiger partial charge in [-0.15, -0.1) is 0 Å². The number of hydrogen-bond acceptors (Lipinski definition) is 3. The van der Waals surface area contributed by atoms with E-state index in [9.17, 15) is 5.11 Å². The molecule has 1 atom stereocenters. The van der Waals surface area contributed by atoms with Gasteiger partial charge in [0.1, 0.15) is 5.75 Å². The van der Waals surface area contributed by atoms with Gasteiger partial charge in [-0.1, -0.05) is 39.8 Å². The Labute approximate surface area is 123 Å². The van der Waals surface area contributed by atoms with Crippen LogP contribution in [0.15, 0.2) is 18.2 Å². The summed E-state index contributed by atoms with van der Waals surface area (Å²) in [5.74, 6) is 0.975. The van der Waals surface area contributed by atoms with Crippen LogP contribution in [-0.2, 0) is 11.8 Å². The van der Waals surface area contributed by atoms with E-state index in [1.165, 1.54) is 11.1 Å². The van der Waals surface area contributed by atoms with Gasteiger partial charge in [0.2, 0.25) is 0 Å². The highest BCUT2D eigenvalue weighted by Gasteiger charge is 2.19. The van der Waals surface area contributed by atoms with Crippen LogP contribution in [0.3, 0.4) is 0 Å². The molecular formula is C17H29NO2. The van der Waals surface area contributed by atoms with Crippen molar-refractivity contribution in [1.29, 1.82) is 0 Å². The van der Waals surface area contributed by atoms with E-state index in [4.69, 9.17) is 10.5 Å². The van der Waals surface area contributed by atoms with Gasteiger partial charge in [0.25, 0.3) is 0 Å². The summed E-state index contributed by atoms with van der Waals surface area (Å²) in [5.41, 5.74) is 7.95. The molecule has 1 aromatic carbocycles. The van der Waals surface area contributed by atoms with Crippen molar-refractivity contribution < 1.29 is 9.84 Å². The number of ether oxygens (including phenoxy) is 1. The highest BCUT2D eigenvalue weighted by atomic mass is 16.5. The summed E-state index contributed by atoms with van der Waals surface area (Å²) >= 11 is 0. The van der Waals surface area contributed by atoms with Gasteiger partial charge in [0.15, 0.2) is 0 Å². The van der Waals surface area contributed by atoms with E-state index in [2.05, 4.69) is 45.9 Å². The maximum atomic E-state index is 9.57. The van der Waals surface area contributed by atoms with E-state index < -0.39 is 6.10 Å². The minimum Gasteiger partial charge on any atom is -0.493 e. The van der Waals surface area contributed by atoms with E-state index in [1.807, 2.05) is 0 Å². The van der Waals surface area contributed by atoms with Crippen LogP contribution < -0.4 is 10.5 Å². The molecule has 114 valence electrons. The molecule has 1 aromatic rings. The Morgan fingerprint density at radius 2 is 2.00 bits per heavy atom. The summed E-state index contributed by atoms with van der Waals surface area (Å²) in [6, 6.07) is 6.35. The summed E-state index contributed by atoms with van der Waals surface area (Å²) in [7, 11) is 0. The Morgan fingerprint density at radius 1 is 1.30 bits per heavy atom. The molecule has 0 aliphatic rings. The van der Waals surface area contributed by atoms with Gasteiger partial charge in [0.05, 0.1) is 12.7 Å². The lowest BCUT2D eigenvalue weighted by Crippen LogP contribution is -2.20. The molecule has 0 saturated carbocycles. The molecule has 0 aliphatic carbocycles. The lowest BCUT2D eigenvalue weighted by molar-refractivity contribution is 0.173. The summed E-state index contributed by atoms with van der Waals surface area (Å²) in [4.78, 5) is 0. The second-order valence-corrected chi connectivity index (χ2v) is 6.36. The fourth-order valence-electron chi connectivity index (χ4n) is 2.11. The molecule has 20 heavy (non-hydrogen) atoms. The molecule has 0 spiro atoms. The minimum absolute atomic E-state index is 0.0472. The number of aliphatic hydroxyl groups excluding tert-OH is 1. The number of aryl methyl sites for hydroxylation is 1. The van der Waals surface area contributed by atoms with E-state index in [-0.39, 0.29) is 5.41 Å². The predicted molar refractivity (Wildman–Crippen MR) is 84.3 cm³/mol. The second kappa shape index (κ2) is 7.65. The molecule has 0 fully saturated rings. The summed E-state index contributed by atoms with van der Waals surface area (Å²) < 4.78 is 5.85. The van der Waals surface area contributed by atoms with Gasteiger partial charge in [0, 0.05) is 6.54 Å². The van der Waals surface area contributed by atoms with Crippen LogP contribution in [0.25, 0.3) is 0 Å². The van der Waals surface area contributed by atoms with Crippen LogP contribution in [0.4, 0.5) is 0 Å². The largest absolute Gasteiger partial charge is 0.493 e. The number of nitrogens with two attached hydrogens (primary N) is 1. The smallest absolute Gasteiger partial charge is 0.123 e. The molecular weight excluding hydrogens is 250 g/mol. The third kappa shape index (κ3) is 5.14. The average molecular weight is 279 g/mol. The first-order chi connectivity index (χ1) is 9.38. The van der Waals surface area contributed by atoms with Crippen LogP contribution in [0.2, 0.25) is 0 Å². The van der Waals surface area contributed by atoms with Crippen molar-refractivity contribution in [1.82, 2.24) is 0 Å². The van der Waals surface area contributed by atoms with E-state index in [0.717, 1.165) is 25.2 Å². The Balaban J connectivity index is 2.90. The molecule has 1 rings (SSSR count). The van der Waals surface area contributed by atoms with Crippen molar-refractivity contribution in [2.45, 2.75) is 58.5 Å². The SMILES string of the molecule is CCCOc1ccc(CCC(O)CN)cc1C(C)(C)C. The molecule has 3 heteroatoms. The van der Waals surface area contributed by atoms with E-state index >= 15 is 0 Å². The fraction of sp³-hybridized carbons (Fsp3) is 0.647. The van der Waals surface area contributed by atoms with Crippen LogP contribution >= 0.6 is 0 Å². The van der Waals surface area contributed by atoms with Gasteiger partial charge in [-0.05, 0) is 41.9 Å². The number of rotatable bonds is 7. The normalized spacial score (nSPS) is 13.3. The third-order valence-corrected chi connectivity index (χ3v) is 3.35. The summed E-state index contributed by atoms with van der Waals surface area (Å²) in [6.07, 6.45) is 2.14. The number of benzene rings is 1. The van der Waals surface area contributed by atoms with Crippen LogP contribution in [0.1, 0.15) is 51.7 Å². The molecule has 1 unspecified atom stereocenters. The molecule has 0 heterocycles. The van der Waals surface area contributed by atoms with Crippen molar-refractivity contribution in [3.8, 4) is 5.75 Å². The molecule has 0 radical (unpaired) electrons. The van der Waals surface area contributed by atoms with Crippen LogP contribution in [0, 0.1) is 0 Å². The third-order valence-electron chi connectivity index (χ3n) is 3.35. The Kier molecular flexibility index (Phi) is 6.50. The Bertz CT molecular complexity index is 410. The quantitative estimate of drug-likeness (QED) is 0.806. The number of hydrogen-bond donors (Lipinski definition) is 2. The lowest BCUT2D eigenvalue weighted by Gasteiger charge is -2.24. The van der Waals surface area contributed by atoms with Crippen molar-refractivity contribution in [3.63, 3.8) is 0 Å². The molecule has 0 aliphatic heterocycles. The molecule has 3 nitrogen and oxygen atoms in total. The topological polar surface area (TPSA) is 55.5 Å². The maximum Gasteiger partial charge on any atom is 0.123 e. The van der Waals surface area contributed by atoms with Crippen molar-refractivity contribution in [2.75, 3.05) is 13.2 Å². The highest BCUT2D eigenvalue weighted by Crippen LogP contribution is 2.32.